The van der Waals surface area contributed by atoms with Gasteiger partial charge in [0.05, 0.1) is 11.6 Å². The molecule has 0 aliphatic heterocycles. The van der Waals surface area contributed by atoms with Crippen LogP contribution in [0.3, 0.4) is 0 Å². The molecule has 2 aromatic rings. The lowest BCUT2D eigenvalue weighted by atomic mass is 10.2. The van der Waals surface area contributed by atoms with Gasteiger partial charge in [-0.3, -0.25) is 4.79 Å². The number of halogens is 1. The molecular weight excluding hydrogens is 262 g/mol. The van der Waals surface area contributed by atoms with Crippen molar-refractivity contribution in [2.45, 2.75) is 0 Å². The minimum absolute atomic E-state index is 0.261. The number of hydrogen-bond acceptors (Lipinski definition) is 3. The van der Waals surface area contributed by atoms with Crippen molar-refractivity contribution in [2.75, 3.05) is 11.9 Å². The Labute approximate surface area is 115 Å². The van der Waals surface area contributed by atoms with Crippen molar-refractivity contribution in [3.05, 3.63) is 58.9 Å². The topological polar surface area (TPSA) is 57.0 Å². The van der Waals surface area contributed by atoms with Crippen molar-refractivity contribution < 1.29 is 4.79 Å². The number of amides is 1. The molecule has 0 atom stereocenters. The smallest absolute Gasteiger partial charge is 0.276 e. The van der Waals surface area contributed by atoms with Gasteiger partial charge in [0.2, 0.25) is 0 Å². The lowest BCUT2D eigenvalue weighted by molar-refractivity contribution is 0.0988. The first-order valence-electron chi connectivity index (χ1n) is 5.52. The second-order valence-corrected chi connectivity index (χ2v) is 4.26. The summed E-state index contributed by atoms with van der Waals surface area (Å²) in [5.41, 5.74) is 1.39. The Morgan fingerprint density at radius 1 is 1.32 bits per heavy atom. The Morgan fingerprint density at radius 3 is 2.74 bits per heavy atom. The summed E-state index contributed by atoms with van der Waals surface area (Å²) >= 11 is 5.76. The van der Waals surface area contributed by atoms with Crippen molar-refractivity contribution >= 4 is 23.2 Å². The fourth-order valence-corrected chi connectivity index (χ4v) is 1.76. The number of hydrogen-bond donors (Lipinski definition) is 0. The lowest BCUT2D eigenvalue weighted by Gasteiger charge is -2.17. The van der Waals surface area contributed by atoms with Crippen LogP contribution in [0.25, 0.3) is 0 Å². The zero-order chi connectivity index (χ0) is 13.8. The first-order chi connectivity index (χ1) is 9.11. The number of aromatic nitrogens is 1. The highest BCUT2D eigenvalue weighted by atomic mass is 35.5. The second kappa shape index (κ2) is 5.51. The van der Waals surface area contributed by atoms with Gasteiger partial charge in [0.1, 0.15) is 10.8 Å². The molecule has 0 aliphatic rings. The van der Waals surface area contributed by atoms with Gasteiger partial charge in [-0.25, -0.2) is 4.98 Å². The summed E-state index contributed by atoms with van der Waals surface area (Å²) in [4.78, 5) is 17.6. The number of rotatable bonds is 2. The predicted molar refractivity (Wildman–Crippen MR) is 73.1 cm³/mol. The standard InChI is InChI=1S/C14H10ClN3O/c1-18(11-5-2-4-10(8-11)9-16)14(19)12-6-3-7-13(15)17-12/h2-8H,1H3. The number of carbonyl (C=O) groups excluding carboxylic acids is 1. The molecule has 19 heavy (non-hydrogen) atoms. The Morgan fingerprint density at radius 2 is 2.05 bits per heavy atom. The first kappa shape index (κ1) is 13.1. The highest BCUT2D eigenvalue weighted by Gasteiger charge is 2.15. The fourth-order valence-electron chi connectivity index (χ4n) is 1.60. The van der Waals surface area contributed by atoms with Crippen LogP contribution in [-0.4, -0.2) is 17.9 Å². The first-order valence-corrected chi connectivity index (χ1v) is 5.90. The maximum atomic E-state index is 12.2. The van der Waals surface area contributed by atoms with Crippen LogP contribution < -0.4 is 4.90 Å². The average Bonchev–Trinajstić information content (AvgIpc) is 2.45. The molecule has 1 amide bonds. The summed E-state index contributed by atoms with van der Waals surface area (Å²) in [7, 11) is 1.63. The van der Waals surface area contributed by atoms with E-state index in [-0.39, 0.29) is 16.8 Å². The number of nitriles is 1. The zero-order valence-corrected chi connectivity index (χ0v) is 10.9. The molecule has 0 saturated heterocycles. The van der Waals surface area contributed by atoms with Crippen LogP contribution in [0.15, 0.2) is 42.5 Å². The minimum Gasteiger partial charge on any atom is -0.310 e. The van der Waals surface area contributed by atoms with E-state index in [0.29, 0.717) is 11.3 Å². The molecule has 0 aliphatic carbocycles. The van der Waals surface area contributed by atoms with E-state index in [2.05, 4.69) is 4.98 Å². The third kappa shape index (κ3) is 2.90. The van der Waals surface area contributed by atoms with E-state index >= 15 is 0 Å². The molecule has 0 radical (unpaired) electrons. The van der Waals surface area contributed by atoms with Crippen LogP contribution in [0.5, 0.6) is 0 Å². The predicted octanol–water partition coefficient (Wildman–Crippen LogP) is 2.88. The van der Waals surface area contributed by atoms with Gasteiger partial charge in [0, 0.05) is 12.7 Å². The van der Waals surface area contributed by atoms with E-state index in [1.807, 2.05) is 6.07 Å². The lowest BCUT2D eigenvalue weighted by Crippen LogP contribution is -2.27. The molecule has 94 valence electrons. The van der Waals surface area contributed by atoms with E-state index < -0.39 is 0 Å². The molecule has 0 spiro atoms. The maximum absolute atomic E-state index is 12.2. The van der Waals surface area contributed by atoms with Gasteiger partial charge < -0.3 is 4.90 Å². The Hall–Kier alpha value is -2.38. The summed E-state index contributed by atoms with van der Waals surface area (Å²) < 4.78 is 0. The molecule has 5 heteroatoms. The normalized spacial score (nSPS) is 9.74. The fraction of sp³-hybridized carbons (Fsp3) is 0.0714. The molecule has 1 heterocycles. The molecule has 1 aromatic carbocycles. The highest BCUT2D eigenvalue weighted by molar-refractivity contribution is 6.29. The van der Waals surface area contributed by atoms with Crippen molar-refractivity contribution in [2.24, 2.45) is 0 Å². The Kier molecular flexibility index (Phi) is 3.79. The van der Waals surface area contributed by atoms with Crippen LogP contribution in [0.1, 0.15) is 16.1 Å². The SMILES string of the molecule is CN(C(=O)c1cccc(Cl)n1)c1cccc(C#N)c1. The Bertz CT molecular complexity index is 664. The quantitative estimate of drug-likeness (QED) is 0.789. The molecule has 0 N–H and O–H groups in total. The largest absolute Gasteiger partial charge is 0.310 e. The van der Waals surface area contributed by atoms with E-state index in [0.717, 1.165) is 0 Å². The van der Waals surface area contributed by atoms with E-state index in [1.165, 1.54) is 4.90 Å². The third-order valence-corrected chi connectivity index (χ3v) is 2.81. The summed E-state index contributed by atoms with van der Waals surface area (Å²) in [5.74, 6) is -0.280. The van der Waals surface area contributed by atoms with Crippen LogP contribution in [0, 0.1) is 11.3 Å². The number of carbonyl (C=O) groups is 1. The molecular formula is C14H10ClN3O. The molecule has 0 fully saturated rings. The summed E-state index contributed by atoms with van der Waals surface area (Å²) in [6.45, 7) is 0. The number of anilines is 1. The molecule has 2 rings (SSSR count). The van der Waals surface area contributed by atoms with Gasteiger partial charge in [-0.15, -0.1) is 0 Å². The van der Waals surface area contributed by atoms with Gasteiger partial charge >= 0.3 is 0 Å². The monoisotopic (exact) mass is 271 g/mol. The molecule has 1 aromatic heterocycles. The number of nitrogens with zero attached hydrogens (tertiary/aromatic N) is 3. The van der Waals surface area contributed by atoms with Crippen molar-refractivity contribution in [1.82, 2.24) is 4.98 Å². The Balaban J connectivity index is 2.31. The summed E-state index contributed by atoms with van der Waals surface area (Å²) in [6.07, 6.45) is 0. The van der Waals surface area contributed by atoms with Crippen LogP contribution in [0.4, 0.5) is 5.69 Å². The van der Waals surface area contributed by atoms with Crippen LogP contribution >= 0.6 is 11.6 Å². The molecule has 0 bridgehead atoms. The van der Waals surface area contributed by atoms with Crippen molar-refractivity contribution in [1.29, 1.82) is 5.26 Å². The van der Waals surface area contributed by atoms with Crippen LogP contribution in [-0.2, 0) is 0 Å². The second-order valence-electron chi connectivity index (χ2n) is 3.87. The van der Waals surface area contributed by atoms with Gasteiger partial charge in [-0.2, -0.15) is 5.26 Å². The van der Waals surface area contributed by atoms with Crippen molar-refractivity contribution in [3.63, 3.8) is 0 Å². The molecule has 0 saturated carbocycles. The van der Waals surface area contributed by atoms with E-state index in [1.54, 1.807) is 49.5 Å². The third-order valence-electron chi connectivity index (χ3n) is 2.60. The summed E-state index contributed by atoms with van der Waals surface area (Å²) in [5, 5.41) is 9.12. The van der Waals surface area contributed by atoms with E-state index in [4.69, 9.17) is 16.9 Å². The highest BCUT2D eigenvalue weighted by Crippen LogP contribution is 2.17. The van der Waals surface area contributed by atoms with Gasteiger partial charge in [0.15, 0.2) is 0 Å². The van der Waals surface area contributed by atoms with Gasteiger partial charge in [0.25, 0.3) is 5.91 Å². The average molecular weight is 272 g/mol. The molecule has 0 unspecified atom stereocenters. The van der Waals surface area contributed by atoms with Gasteiger partial charge in [-0.05, 0) is 30.3 Å². The zero-order valence-electron chi connectivity index (χ0n) is 10.2. The number of pyridine rings is 1. The minimum atomic E-state index is -0.280. The van der Waals surface area contributed by atoms with Crippen LogP contribution in [0.2, 0.25) is 5.15 Å². The van der Waals surface area contributed by atoms with Gasteiger partial charge in [-0.1, -0.05) is 23.7 Å². The number of benzene rings is 1. The summed E-state index contributed by atoms with van der Waals surface area (Å²) in [6, 6.07) is 13.7. The maximum Gasteiger partial charge on any atom is 0.276 e. The molecule has 4 nitrogen and oxygen atoms in total. The van der Waals surface area contributed by atoms with E-state index in [9.17, 15) is 4.79 Å². The van der Waals surface area contributed by atoms with Crippen molar-refractivity contribution in [3.8, 4) is 6.07 Å².